The molecule has 4 atom stereocenters. The minimum absolute atomic E-state index is 0.0851. The summed E-state index contributed by atoms with van der Waals surface area (Å²) in [5.41, 5.74) is 3.15. The van der Waals surface area contributed by atoms with Gasteiger partial charge in [0.25, 0.3) is 0 Å². The average molecular weight is 627 g/mol. The molecule has 0 saturated heterocycles. The van der Waals surface area contributed by atoms with Crippen molar-refractivity contribution < 1.29 is 28.6 Å². The van der Waals surface area contributed by atoms with Gasteiger partial charge in [-0.2, -0.15) is 0 Å². The van der Waals surface area contributed by atoms with E-state index in [9.17, 15) is 14.4 Å². The van der Waals surface area contributed by atoms with Crippen molar-refractivity contribution in [2.75, 3.05) is 26.6 Å². The summed E-state index contributed by atoms with van der Waals surface area (Å²) in [6.45, 7) is 8.44. The molecule has 0 heterocycles. The lowest BCUT2D eigenvalue weighted by Crippen LogP contribution is -2.58. The van der Waals surface area contributed by atoms with Crippen molar-refractivity contribution in [2.45, 2.75) is 77.2 Å². The standard InChI is InChI=1S/C38H46N2O6/c1-23(2)25-14-15-28-27(19-25)30(41)22-33-37(28,3)16-11-17-38(33,4)36(43)40-29(18-24-12-9-8-10-13-24)35(42)39-26-20-31(44-5)34(46-7)32(21-26)45-6/h8-10,12-15,19-21,23,29,33H,11,16-18,22H2,1-7H3,(H,39,42)(H,40,43)/t29-,33-,37-,38-/m1/s1. The van der Waals surface area contributed by atoms with Crippen LogP contribution in [0.4, 0.5) is 5.69 Å². The van der Waals surface area contributed by atoms with Crippen LogP contribution in [0.1, 0.15) is 86.3 Å². The summed E-state index contributed by atoms with van der Waals surface area (Å²) < 4.78 is 16.4. The molecule has 1 saturated carbocycles. The average Bonchev–Trinajstić information content (AvgIpc) is 3.05. The summed E-state index contributed by atoms with van der Waals surface area (Å²) in [6.07, 6.45) is 2.98. The molecule has 46 heavy (non-hydrogen) atoms. The van der Waals surface area contributed by atoms with Crippen LogP contribution < -0.4 is 24.8 Å². The Morgan fingerprint density at radius 1 is 0.913 bits per heavy atom. The SMILES string of the molecule is COc1cc(NC(=O)[C@@H](Cc2ccccc2)NC(=O)[C@]2(C)CCC[C@]3(C)c4ccc(C(C)C)cc4C(=O)C[C@@H]23)cc(OC)c1OC. The first-order valence-corrected chi connectivity index (χ1v) is 16.1. The van der Waals surface area contributed by atoms with Crippen molar-refractivity contribution in [3.8, 4) is 17.2 Å². The second kappa shape index (κ2) is 13.2. The Morgan fingerprint density at radius 3 is 2.20 bits per heavy atom. The Kier molecular flexibility index (Phi) is 9.47. The summed E-state index contributed by atoms with van der Waals surface area (Å²) >= 11 is 0. The van der Waals surface area contributed by atoms with Crippen LogP contribution in [0.25, 0.3) is 0 Å². The van der Waals surface area contributed by atoms with Crippen molar-refractivity contribution >= 4 is 23.3 Å². The number of carbonyl (C=O) groups is 3. The van der Waals surface area contributed by atoms with Crippen LogP contribution >= 0.6 is 0 Å². The van der Waals surface area contributed by atoms with Gasteiger partial charge in [-0.05, 0) is 52.8 Å². The van der Waals surface area contributed by atoms with Gasteiger partial charge >= 0.3 is 0 Å². The summed E-state index contributed by atoms with van der Waals surface area (Å²) in [5, 5.41) is 6.10. The quantitative estimate of drug-likeness (QED) is 0.255. The van der Waals surface area contributed by atoms with Crippen LogP contribution in [0.5, 0.6) is 17.2 Å². The molecule has 3 aromatic carbocycles. The van der Waals surface area contributed by atoms with E-state index in [1.165, 1.54) is 21.3 Å². The fourth-order valence-electron chi connectivity index (χ4n) is 7.63. The van der Waals surface area contributed by atoms with E-state index >= 15 is 0 Å². The van der Waals surface area contributed by atoms with Crippen LogP contribution in [0, 0.1) is 11.3 Å². The fraction of sp³-hybridized carbons (Fsp3) is 0.447. The van der Waals surface area contributed by atoms with Gasteiger partial charge in [-0.3, -0.25) is 14.4 Å². The van der Waals surface area contributed by atoms with Crippen molar-refractivity contribution in [1.29, 1.82) is 0 Å². The third-order valence-electron chi connectivity index (χ3n) is 10.3. The first-order chi connectivity index (χ1) is 21.9. The number of ether oxygens (including phenoxy) is 3. The molecule has 2 amide bonds. The molecule has 0 aliphatic heterocycles. The minimum Gasteiger partial charge on any atom is -0.493 e. The van der Waals surface area contributed by atoms with E-state index < -0.39 is 11.5 Å². The zero-order chi connectivity index (χ0) is 33.2. The molecule has 5 rings (SSSR count). The number of carbonyl (C=O) groups excluding carboxylic acids is 3. The lowest BCUT2D eigenvalue weighted by molar-refractivity contribution is -0.140. The molecule has 0 bridgehead atoms. The van der Waals surface area contributed by atoms with Gasteiger partial charge in [0.2, 0.25) is 17.6 Å². The molecule has 2 N–H and O–H groups in total. The van der Waals surface area contributed by atoms with Crippen molar-refractivity contribution in [1.82, 2.24) is 5.32 Å². The van der Waals surface area contributed by atoms with Crippen molar-refractivity contribution in [3.63, 3.8) is 0 Å². The van der Waals surface area contributed by atoms with Gasteiger partial charge in [-0.1, -0.05) is 76.6 Å². The van der Waals surface area contributed by atoms with E-state index in [0.29, 0.717) is 48.1 Å². The number of rotatable bonds is 10. The molecule has 0 spiro atoms. The van der Waals surface area contributed by atoms with E-state index in [1.54, 1.807) is 12.1 Å². The van der Waals surface area contributed by atoms with E-state index in [0.717, 1.165) is 35.1 Å². The number of ketones is 1. The van der Waals surface area contributed by atoms with Crippen LogP contribution in [0.3, 0.4) is 0 Å². The second-order valence-electron chi connectivity index (χ2n) is 13.4. The number of benzene rings is 3. The predicted molar refractivity (Wildman–Crippen MR) is 179 cm³/mol. The monoisotopic (exact) mass is 626 g/mol. The number of nitrogens with one attached hydrogen (secondary N) is 2. The highest BCUT2D eigenvalue weighted by molar-refractivity contribution is 6.01. The smallest absolute Gasteiger partial charge is 0.247 e. The van der Waals surface area contributed by atoms with Gasteiger partial charge in [0, 0.05) is 36.2 Å². The second-order valence-corrected chi connectivity index (χ2v) is 13.4. The van der Waals surface area contributed by atoms with Gasteiger partial charge < -0.3 is 24.8 Å². The van der Waals surface area contributed by atoms with Gasteiger partial charge in [0.1, 0.15) is 6.04 Å². The molecule has 244 valence electrons. The summed E-state index contributed by atoms with van der Waals surface area (Å²) in [7, 11) is 4.54. The Balaban J connectivity index is 1.45. The van der Waals surface area contributed by atoms with Crippen LogP contribution in [0.2, 0.25) is 0 Å². The number of fused-ring (bicyclic) bond motifs is 3. The van der Waals surface area contributed by atoms with Gasteiger partial charge in [0.15, 0.2) is 17.3 Å². The maximum Gasteiger partial charge on any atom is 0.247 e. The maximum absolute atomic E-state index is 14.5. The molecule has 2 aliphatic carbocycles. The maximum atomic E-state index is 14.5. The Hall–Kier alpha value is -4.33. The third-order valence-corrected chi connectivity index (χ3v) is 10.3. The molecule has 0 radical (unpaired) electrons. The van der Waals surface area contributed by atoms with E-state index in [4.69, 9.17) is 14.2 Å². The Bertz CT molecular complexity index is 1590. The zero-order valence-electron chi connectivity index (χ0n) is 28.0. The van der Waals surface area contributed by atoms with Crippen LogP contribution in [0.15, 0.2) is 60.7 Å². The molecule has 2 aliphatic rings. The number of anilines is 1. The molecule has 8 nitrogen and oxygen atoms in total. The lowest BCUT2D eigenvalue weighted by Gasteiger charge is -2.54. The predicted octanol–water partition coefficient (Wildman–Crippen LogP) is 6.85. The zero-order valence-corrected chi connectivity index (χ0v) is 28.0. The summed E-state index contributed by atoms with van der Waals surface area (Å²) in [4.78, 5) is 42.1. The van der Waals surface area contributed by atoms with Crippen molar-refractivity contribution in [3.05, 3.63) is 82.9 Å². The number of hydrogen-bond donors (Lipinski definition) is 2. The van der Waals surface area contributed by atoms with Crippen LogP contribution in [-0.4, -0.2) is 45.0 Å². The number of amides is 2. The Labute approximate surface area is 272 Å². The topological polar surface area (TPSA) is 103 Å². The third kappa shape index (κ3) is 6.09. The Morgan fingerprint density at radius 2 is 1.59 bits per heavy atom. The molecule has 0 unspecified atom stereocenters. The van der Waals surface area contributed by atoms with Gasteiger partial charge in [0.05, 0.1) is 26.7 Å². The minimum atomic E-state index is -0.876. The number of hydrogen-bond acceptors (Lipinski definition) is 6. The molecule has 8 heteroatoms. The highest BCUT2D eigenvalue weighted by atomic mass is 16.5. The van der Waals surface area contributed by atoms with Gasteiger partial charge in [-0.25, -0.2) is 0 Å². The normalized spacial score (nSPS) is 22.7. The highest BCUT2D eigenvalue weighted by Gasteiger charge is 2.57. The largest absolute Gasteiger partial charge is 0.493 e. The number of Topliss-reactive ketones (excluding diaryl/α,β-unsaturated/α-hetero) is 1. The number of methoxy groups -OCH3 is 3. The van der Waals surface area contributed by atoms with Crippen molar-refractivity contribution in [2.24, 2.45) is 11.3 Å². The molecule has 1 fully saturated rings. The molecule has 0 aromatic heterocycles. The molecule has 3 aromatic rings. The summed E-state index contributed by atoms with van der Waals surface area (Å²) in [6, 6.07) is 18.3. The van der Waals surface area contributed by atoms with E-state index in [2.05, 4.69) is 49.6 Å². The molecular weight excluding hydrogens is 580 g/mol. The highest BCUT2D eigenvalue weighted by Crippen LogP contribution is 2.57. The molecular formula is C38H46N2O6. The summed E-state index contributed by atoms with van der Waals surface area (Å²) in [5.74, 6) is 0.832. The first-order valence-electron chi connectivity index (χ1n) is 16.1. The first kappa shape index (κ1) is 33.0. The van der Waals surface area contributed by atoms with E-state index in [-0.39, 0.29) is 28.9 Å². The van der Waals surface area contributed by atoms with Crippen LogP contribution in [-0.2, 0) is 21.4 Å². The lowest BCUT2D eigenvalue weighted by atomic mass is 9.49. The fourth-order valence-corrected chi connectivity index (χ4v) is 7.63. The van der Waals surface area contributed by atoms with E-state index in [1.807, 2.05) is 37.3 Å². The van der Waals surface area contributed by atoms with Gasteiger partial charge in [-0.15, -0.1) is 0 Å².